The van der Waals surface area contributed by atoms with Crippen molar-refractivity contribution in [3.8, 4) is 0 Å². The average Bonchev–Trinajstić information content (AvgIpc) is 2.42. The molecule has 1 aromatic rings. The maximum absolute atomic E-state index is 5.97. The van der Waals surface area contributed by atoms with Gasteiger partial charge in [0, 0.05) is 29.7 Å². The second kappa shape index (κ2) is 8.66. The van der Waals surface area contributed by atoms with Crippen molar-refractivity contribution in [2.75, 3.05) is 13.6 Å². The van der Waals surface area contributed by atoms with Crippen molar-refractivity contribution < 1.29 is 0 Å². The zero-order valence-electron chi connectivity index (χ0n) is 13.5. The van der Waals surface area contributed by atoms with E-state index in [-0.39, 0.29) is 0 Å². The van der Waals surface area contributed by atoms with Gasteiger partial charge in [0.25, 0.3) is 0 Å². The summed E-state index contributed by atoms with van der Waals surface area (Å²) in [4.78, 5) is 2.47. The molecule has 0 radical (unpaired) electrons. The fourth-order valence-corrected chi connectivity index (χ4v) is 2.57. The van der Waals surface area contributed by atoms with Gasteiger partial charge in [-0.2, -0.15) is 0 Å². The summed E-state index contributed by atoms with van der Waals surface area (Å²) < 4.78 is 0. The average molecular weight is 297 g/mol. The van der Waals surface area contributed by atoms with Crippen LogP contribution in [-0.2, 0) is 0 Å². The van der Waals surface area contributed by atoms with Gasteiger partial charge >= 0.3 is 0 Å². The Labute approximate surface area is 129 Å². The predicted molar refractivity (Wildman–Crippen MR) is 89.5 cm³/mol. The first-order chi connectivity index (χ1) is 9.45. The summed E-state index contributed by atoms with van der Waals surface area (Å²) in [6, 6.07) is 9.70. The third-order valence-corrected chi connectivity index (χ3v) is 4.17. The number of hydrogen-bond acceptors (Lipinski definition) is 2. The van der Waals surface area contributed by atoms with E-state index in [4.69, 9.17) is 11.6 Å². The number of likely N-dealkylation sites (N-methyl/N-ethyl adjacent to an activating group) is 1. The molecule has 0 saturated heterocycles. The molecule has 3 heteroatoms. The zero-order valence-corrected chi connectivity index (χ0v) is 14.2. The van der Waals surface area contributed by atoms with Crippen LogP contribution in [0, 0.1) is 0 Å². The molecular formula is C17H29ClN2. The van der Waals surface area contributed by atoms with Crippen LogP contribution in [0.3, 0.4) is 0 Å². The van der Waals surface area contributed by atoms with E-state index in [2.05, 4.69) is 57.1 Å². The van der Waals surface area contributed by atoms with Crippen LogP contribution >= 0.6 is 11.6 Å². The molecule has 0 saturated carbocycles. The van der Waals surface area contributed by atoms with Crippen molar-refractivity contribution >= 4 is 11.6 Å². The molecule has 0 aliphatic rings. The van der Waals surface area contributed by atoms with Crippen molar-refractivity contribution in [3.63, 3.8) is 0 Å². The van der Waals surface area contributed by atoms with Gasteiger partial charge in [-0.25, -0.2) is 0 Å². The van der Waals surface area contributed by atoms with Gasteiger partial charge in [0.2, 0.25) is 0 Å². The molecule has 0 fully saturated rings. The van der Waals surface area contributed by atoms with Crippen molar-refractivity contribution in [3.05, 3.63) is 34.9 Å². The van der Waals surface area contributed by atoms with Crippen LogP contribution in [0.4, 0.5) is 0 Å². The number of nitrogens with zero attached hydrogens (tertiary/aromatic N) is 1. The topological polar surface area (TPSA) is 15.3 Å². The lowest BCUT2D eigenvalue weighted by molar-refractivity contribution is 0.168. The maximum atomic E-state index is 5.97. The minimum Gasteiger partial charge on any atom is -0.313 e. The fourth-order valence-electron chi connectivity index (χ4n) is 2.45. The van der Waals surface area contributed by atoms with Gasteiger partial charge in [0.15, 0.2) is 0 Å². The molecule has 1 N–H and O–H groups in total. The van der Waals surface area contributed by atoms with Crippen LogP contribution in [0.15, 0.2) is 24.3 Å². The van der Waals surface area contributed by atoms with Crippen LogP contribution in [-0.4, -0.2) is 30.6 Å². The maximum Gasteiger partial charge on any atom is 0.0406 e. The first-order valence-electron chi connectivity index (χ1n) is 7.66. The Balaban J connectivity index is 2.71. The van der Waals surface area contributed by atoms with Gasteiger partial charge in [0.1, 0.15) is 0 Å². The Kier molecular flexibility index (Phi) is 7.57. The molecule has 0 amide bonds. The molecule has 0 bridgehead atoms. The normalized spacial score (nSPS) is 14.8. The largest absolute Gasteiger partial charge is 0.313 e. The van der Waals surface area contributed by atoms with E-state index in [1.54, 1.807) is 0 Å². The van der Waals surface area contributed by atoms with Crippen molar-refractivity contribution in [2.45, 2.75) is 58.7 Å². The summed E-state index contributed by atoms with van der Waals surface area (Å²) in [6.07, 6.45) is 2.43. The number of nitrogens with one attached hydrogen (secondary N) is 1. The number of halogens is 1. The standard InChI is InChI=1S/C17H29ClN2/c1-6-7-17(12-19-13(2)3)20(5)14(4)15-8-10-16(18)11-9-15/h8-11,13-14,17,19H,6-7,12H2,1-5H3. The highest BCUT2D eigenvalue weighted by Gasteiger charge is 2.20. The predicted octanol–water partition coefficient (Wildman–Crippen LogP) is 4.50. The SMILES string of the molecule is CCCC(CNC(C)C)N(C)C(C)c1ccc(Cl)cc1. The van der Waals surface area contributed by atoms with Gasteiger partial charge in [-0.05, 0) is 38.1 Å². The summed E-state index contributed by atoms with van der Waals surface area (Å²) in [7, 11) is 2.22. The molecule has 0 aliphatic carbocycles. The van der Waals surface area contributed by atoms with Gasteiger partial charge in [-0.3, -0.25) is 4.90 Å². The second-order valence-corrected chi connectivity index (χ2v) is 6.33. The van der Waals surface area contributed by atoms with Crippen molar-refractivity contribution in [2.24, 2.45) is 0 Å². The molecule has 0 aromatic heterocycles. The first kappa shape index (κ1) is 17.5. The second-order valence-electron chi connectivity index (χ2n) is 5.90. The molecule has 1 aromatic carbocycles. The van der Waals surface area contributed by atoms with Crippen LogP contribution in [0.1, 0.15) is 52.1 Å². The lowest BCUT2D eigenvalue weighted by Crippen LogP contribution is -2.43. The summed E-state index contributed by atoms with van der Waals surface area (Å²) in [5.41, 5.74) is 1.32. The Morgan fingerprint density at radius 3 is 2.25 bits per heavy atom. The summed E-state index contributed by atoms with van der Waals surface area (Å²) >= 11 is 5.97. The van der Waals surface area contributed by atoms with Crippen LogP contribution in [0.5, 0.6) is 0 Å². The minimum atomic E-state index is 0.401. The monoisotopic (exact) mass is 296 g/mol. The van der Waals surface area contributed by atoms with Gasteiger partial charge in [0.05, 0.1) is 0 Å². The van der Waals surface area contributed by atoms with E-state index < -0.39 is 0 Å². The number of hydrogen-bond donors (Lipinski definition) is 1. The van der Waals surface area contributed by atoms with Crippen molar-refractivity contribution in [1.29, 1.82) is 0 Å². The van der Waals surface area contributed by atoms with Gasteiger partial charge in [-0.1, -0.05) is 50.9 Å². The van der Waals surface area contributed by atoms with Crippen molar-refractivity contribution in [1.82, 2.24) is 10.2 Å². The molecule has 114 valence electrons. The molecule has 0 heterocycles. The van der Waals surface area contributed by atoms with E-state index in [1.165, 1.54) is 18.4 Å². The fraction of sp³-hybridized carbons (Fsp3) is 0.647. The lowest BCUT2D eigenvalue weighted by atomic mass is 10.0. The number of rotatable bonds is 8. The van der Waals surface area contributed by atoms with Crippen LogP contribution in [0.25, 0.3) is 0 Å². The molecule has 20 heavy (non-hydrogen) atoms. The smallest absolute Gasteiger partial charge is 0.0406 e. The lowest BCUT2D eigenvalue weighted by Gasteiger charge is -2.34. The highest BCUT2D eigenvalue weighted by Crippen LogP contribution is 2.23. The molecule has 0 spiro atoms. The quantitative estimate of drug-likeness (QED) is 0.760. The van der Waals surface area contributed by atoms with E-state index in [9.17, 15) is 0 Å². The number of benzene rings is 1. The van der Waals surface area contributed by atoms with Crippen LogP contribution in [0.2, 0.25) is 5.02 Å². The molecule has 2 nitrogen and oxygen atoms in total. The highest BCUT2D eigenvalue weighted by atomic mass is 35.5. The summed E-state index contributed by atoms with van der Waals surface area (Å²) in [5, 5.41) is 4.37. The minimum absolute atomic E-state index is 0.401. The highest BCUT2D eigenvalue weighted by molar-refractivity contribution is 6.30. The molecule has 1 rings (SSSR count). The Morgan fingerprint density at radius 1 is 1.15 bits per heavy atom. The summed E-state index contributed by atoms with van der Waals surface area (Å²) in [6.45, 7) is 9.96. The molecule has 2 atom stereocenters. The molecular weight excluding hydrogens is 268 g/mol. The zero-order chi connectivity index (χ0) is 15.1. The van der Waals surface area contributed by atoms with E-state index in [0.717, 1.165) is 11.6 Å². The third kappa shape index (κ3) is 5.43. The van der Waals surface area contributed by atoms with Gasteiger partial charge in [-0.15, -0.1) is 0 Å². The summed E-state index contributed by atoms with van der Waals surface area (Å²) in [5.74, 6) is 0. The molecule has 2 unspecified atom stereocenters. The van der Waals surface area contributed by atoms with Gasteiger partial charge < -0.3 is 5.32 Å². The van der Waals surface area contributed by atoms with E-state index >= 15 is 0 Å². The third-order valence-electron chi connectivity index (χ3n) is 3.92. The Hall–Kier alpha value is -0.570. The van der Waals surface area contributed by atoms with Crippen LogP contribution < -0.4 is 5.32 Å². The van der Waals surface area contributed by atoms with E-state index in [1.807, 2.05) is 12.1 Å². The Bertz CT molecular complexity index is 375. The van der Waals surface area contributed by atoms with E-state index in [0.29, 0.717) is 18.1 Å². The first-order valence-corrected chi connectivity index (χ1v) is 8.04. The Morgan fingerprint density at radius 2 is 1.75 bits per heavy atom. The molecule has 0 aliphatic heterocycles.